The fourth-order valence-electron chi connectivity index (χ4n) is 10.8. The molecule has 12 aromatic rings. The number of hydrogen-bond donors (Lipinski definition) is 0. The minimum absolute atomic E-state index is 0.846. The van der Waals surface area contributed by atoms with Crippen LogP contribution in [0, 0.1) is 0 Å². The van der Waals surface area contributed by atoms with Crippen LogP contribution in [0.1, 0.15) is 17.5 Å². The van der Waals surface area contributed by atoms with E-state index >= 15 is 0 Å². The molecule has 0 N–H and O–H groups in total. The minimum atomic E-state index is 0.846. The minimum Gasteiger partial charge on any atom is -0.310 e. The fraction of sp³-hybridized carbons (Fsp3) is 0.0149. The van der Waals surface area contributed by atoms with E-state index in [1.54, 1.807) is 0 Å². The third-order valence-corrected chi connectivity index (χ3v) is 14.0. The van der Waals surface area contributed by atoms with E-state index in [1.807, 2.05) is 0 Å². The van der Waals surface area contributed by atoms with E-state index in [9.17, 15) is 0 Å². The maximum atomic E-state index is 2.38. The summed E-state index contributed by atoms with van der Waals surface area (Å²) in [5.74, 6) is 0. The van der Waals surface area contributed by atoms with Crippen LogP contribution in [-0.4, -0.2) is 0 Å². The normalized spacial score (nSPS) is 12.7. The molecule has 0 aliphatic heterocycles. The molecule has 1 aliphatic rings. The quantitative estimate of drug-likeness (QED) is 0.140. The third kappa shape index (κ3) is 7.13. The van der Waals surface area contributed by atoms with E-state index in [0.717, 1.165) is 40.5 Å². The molecule has 324 valence electrons. The Balaban J connectivity index is 0.839. The van der Waals surface area contributed by atoms with Gasteiger partial charge < -0.3 is 9.80 Å². The molecule has 2 nitrogen and oxygen atoms in total. The monoisotopic (exact) mass is 878 g/mol. The van der Waals surface area contributed by atoms with E-state index in [-0.39, 0.29) is 0 Å². The molecular weight excluding hydrogens is 833 g/mol. The summed E-state index contributed by atoms with van der Waals surface area (Å²) in [4.78, 5) is 4.75. The second-order valence-corrected chi connectivity index (χ2v) is 18.0. The van der Waals surface area contributed by atoms with Crippen molar-refractivity contribution in [3.05, 3.63) is 278 Å². The van der Waals surface area contributed by atoms with Crippen LogP contribution in [0.4, 0.5) is 34.1 Å². The lowest BCUT2D eigenvalue weighted by atomic mass is 9.94. The van der Waals surface area contributed by atoms with Gasteiger partial charge in [-0.15, -0.1) is 0 Å². The van der Waals surface area contributed by atoms with E-state index < -0.39 is 0 Å². The Hall–Kier alpha value is -8.98. The average molecular weight is 879 g/mol. The van der Waals surface area contributed by atoms with Crippen LogP contribution in [0.25, 0.3) is 75.8 Å². The molecule has 0 atom stereocenters. The summed E-state index contributed by atoms with van der Waals surface area (Å²) in [5.41, 5.74) is 11.6. The zero-order chi connectivity index (χ0) is 45.7. The molecule has 0 bridgehead atoms. The molecule has 0 spiro atoms. The number of rotatable bonds is 8. The number of anilines is 6. The molecule has 0 saturated heterocycles. The van der Waals surface area contributed by atoms with Crippen LogP contribution in [0.3, 0.4) is 0 Å². The second kappa shape index (κ2) is 17.0. The highest BCUT2D eigenvalue weighted by atomic mass is 15.1. The Kier molecular flexibility index (Phi) is 9.95. The number of nitrogens with zero attached hydrogens (tertiary/aromatic N) is 2. The van der Waals surface area contributed by atoms with Gasteiger partial charge in [-0.3, -0.25) is 0 Å². The van der Waals surface area contributed by atoms with Crippen LogP contribution in [0.15, 0.2) is 267 Å². The van der Waals surface area contributed by atoms with Crippen molar-refractivity contribution in [2.24, 2.45) is 0 Å². The van der Waals surface area contributed by atoms with Crippen LogP contribution in [0.2, 0.25) is 0 Å². The van der Waals surface area contributed by atoms with Gasteiger partial charge in [-0.25, -0.2) is 0 Å². The first-order chi connectivity index (χ1) is 34.2. The molecule has 0 radical (unpaired) electrons. The maximum Gasteiger partial charge on any atom is 0.0468 e. The highest BCUT2D eigenvalue weighted by molar-refractivity contribution is 6.27. The summed E-state index contributed by atoms with van der Waals surface area (Å²) >= 11 is 0. The largest absolute Gasteiger partial charge is 0.310 e. The number of allylic oxidation sites excluding steroid dienone is 6. The summed E-state index contributed by atoms with van der Waals surface area (Å²) in [6, 6.07) is 88.7. The van der Waals surface area contributed by atoms with Gasteiger partial charge in [0.1, 0.15) is 0 Å². The second-order valence-electron chi connectivity index (χ2n) is 18.0. The molecule has 0 aromatic heterocycles. The molecule has 0 unspecified atom stereocenters. The SMILES string of the molecule is C1=CCC(c2ccc(N(c3ccccc3)c3ccc4c5ccccc5c5ccccc5c4c3)cc2)=CC(c2ccc(N(c3ccccc3)c3ccc4c5ccccc5c5ccccc5c4c3)cc2)=C1. The van der Waals surface area contributed by atoms with Crippen molar-refractivity contribution in [3.8, 4) is 0 Å². The van der Waals surface area contributed by atoms with Crippen LogP contribution >= 0.6 is 0 Å². The Morgan fingerprint density at radius 2 is 0.580 bits per heavy atom. The summed E-state index contributed by atoms with van der Waals surface area (Å²) in [7, 11) is 0. The topological polar surface area (TPSA) is 6.48 Å². The van der Waals surface area contributed by atoms with Crippen molar-refractivity contribution < 1.29 is 0 Å². The zero-order valence-electron chi connectivity index (χ0n) is 38.0. The molecule has 1 aliphatic carbocycles. The molecule has 12 aromatic carbocycles. The molecule has 13 rings (SSSR count). The van der Waals surface area contributed by atoms with E-state index in [1.165, 1.54) is 86.9 Å². The highest BCUT2D eigenvalue weighted by Gasteiger charge is 2.19. The number of fused-ring (bicyclic) bond motifs is 12. The van der Waals surface area contributed by atoms with E-state index in [2.05, 4.69) is 277 Å². The molecule has 0 fully saturated rings. The molecule has 0 saturated carbocycles. The maximum absolute atomic E-state index is 2.38. The lowest BCUT2D eigenvalue weighted by Gasteiger charge is -2.26. The van der Waals surface area contributed by atoms with Gasteiger partial charge in [0, 0.05) is 34.1 Å². The van der Waals surface area contributed by atoms with Gasteiger partial charge in [-0.05, 0) is 166 Å². The van der Waals surface area contributed by atoms with Gasteiger partial charge in [0.05, 0.1) is 0 Å². The predicted octanol–water partition coefficient (Wildman–Crippen LogP) is 19.0. The molecule has 2 heteroatoms. The molecule has 0 amide bonds. The van der Waals surface area contributed by atoms with Gasteiger partial charge in [0.2, 0.25) is 0 Å². The first-order valence-corrected chi connectivity index (χ1v) is 23.9. The van der Waals surface area contributed by atoms with Crippen molar-refractivity contribution >= 4 is 110 Å². The van der Waals surface area contributed by atoms with Gasteiger partial charge in [-0.2, -0.15) is 0 Å². The Morgan fingerprint density at radius 1 is 0.261 bits per heavy atom. The number of benzene rings is 12. The fourth-order valence-corrected chi connectivity index (χ4v) is 10.8. The zero-order valence-corrected chi connectivity index (χ0v) is 38.0. The Labute approximate surface area is 402 Å². The van der Waals surface area contributed by atoms with Crippen molar-refractivity contribution in [2.45, 2.75) is 6.42 Å². The van der Waals surface area contributed by atoms with Crippen LogP contribution in [0.5, 0.6) is 0 Å². The molecule has 0 heterocycles. The Morgan fingerprint density at radius 3 is 0.986 bits per heavy atom. The first kappa shape index (κ1) is 40.3. The van der Waals surface area contributed by atoms with Crippen LogP contribution in [-0.2, 0) is 0 Å². The van der Waals surface area contributed by atoms with Crippen molar-refractivity contribution in [3.63, 3.8) is 0 Å². The van der Waals surface area contributed by atoms with E-state index in [4.69, 9.17) is 0 Å². The predicted molar refractivity (Wildman–Crippen MR) is 297 cm³/mol. The summed E-state index contributed by atoms with van der Waals surface area (Å²) < 4.78 is 0. The van der Waals surface area contributed by atoms with Crippen molar-refractivity contribution in [2.75, 3.05) is 9.80 Å². The summed E-state index contributed by atoms with van der Waals surface area (Å²) in [6.07, 6.45) is 9.92. The number of para-hydroxylation sites is 2. The number of hydrogen-bond acceptors (Lipinski definition) is 2. The van der Waals surface area contributed by atoms with Gasteiger partial charge in [0.15, 0.2) is 0 Å². The van der Waals surface area contributed by atoms with E-state index in [0.29, 0.717) is 0 Å². The summed E-state index contributed by atoms with van der Waals surface area (Å²) in [5, 5.41) is 15.3. The Bertz CT molecular complexity index is 3940. The molecule has 69 heavy (non-hydrogen) atoms. The van der Waals surface area contributed by atoms with Crippen molar-refractivity contribution in [1.29, 1.82) is 0 Å². The molecular formula is C67H46N2. The van der Waals surface area contributed by atoms with Gasteiger partial charge >= 0.3 is 0 Å². The van der Waals surface area contributed by atoms with Crippen LogP contribution < -0.4 is 9.80 Å². The lowest BCUT2D eigenvalue weighted by molar-refractivity contribution is 1.28. The smallest absolute Gasteiger partial charge is 0.0468 e. The standard InChI is InChI=1S/C67H46N2/c1-3-19-50(20-4-1)68(54-39-41-64-60-27-11-9-23-56(60)58-25-13-15-29-62(58)66(64)44-54)52-35-31-46(32-36-52)48-17-7-8-18-49(43-48)47-33-37-53(38-34-47)69(51-21-5-2-6-22-51)55-40-42-65-61-28-12-10-24-57(61)59-26-14-16-30-63(59)67(65)45-55/h1-17,19-45H,18H2. The van der Waals surface area contributed by atoms with Gasteiger partial charge in [-0.1, -0.05) is 194 Å². The van der Waals surface area contributed by atoms with Crippen molar-refractivity contribution in [1.82, 2.24) is 0 Å². The first-order valence-electron chi connectivity index (χ1n) is 23.9. The average Bonchev–Trinajstić information content (AvgIpc) is 3.69. The summed E-state index contributed by atoms with van der Waals surface area (Å²) in [6.45, 7) is 0. The highest BCUT2D eigenvalue weighted by Crippen LogP contribution is 2.43. The third-order valence-electron chi connectivity index (χ3n) is 14.0. The van der Waals surface area contributed by atoms with Gasteiger partial charge in [0.25, 0.3) is 0 Å². The lowest BCUT2D eigenvalue weighted by Crippen LogP contribution is -2.10.